The smallest absolute Gasteiger partial charge is 0.316 e. The lowest BCUT2D eigenvalue weighted by atomic mass is 10.4. The van der Waals surface area contributed by atoms with Crippen molar-refractivity contribution in [2.75, 3.05) is 13.1 Å². The highest BCUT2D eigenvalue weighted by Crippen LogP contribution is 2.24. The molecule has 0 spiro atoms. The molecule has 1 atom stereocenters. The minimum Gasteiger partial charge on any atom is -0.316 e. The number of hydrogen-bond donors (Lipinski definition) is 2. The van der Waals surface area contributed by atoms with Gasteiger partial charge in [0.2, 0.25) is 0 Å². The highest BCUT2D eigenvalue weighted by molar-refractivity contribution is 7.99. The Morgan fingerprint density at radius 1 is 1.67 bits per heavy atom. The molecule has 6 heteroatoms. The summed E-state index contributed by atoms with van der Waals surface area (Å²) in [6.07, 6.45) is 2.10. The lowest BCUT2D eigenvalue weighted by Gasteiger charge is -2.07. The maximum Gasteiger partial charge on any atom is 0.343 e. The Hall–Kier alpha value is -0.750. The van der Waals surface area contributed by atoms with E-state index in [0.29, 0.717) is 5.25 Å². The number of nitrogens with one attached hydrogen (secondary N) is 2. The molecule has 15 heavy (non-hydrogen) atoms. The molecule has 1 fully saturated rings. The first-order valence-electron chi connectivity index (χ1n) is 5.34. The van der Waals surface area contributed by atoms with Gasteiger partial charge >= 0.3 is 5.69 Å². The van der Waals surface area contributed by atoms with Crippen molar-refractivity contribution in [3.8, 4) is 0 Å². The van der Waals surface area contributed by atoms with Gasteiger partial charge < -0.3 is 5.32 Å². The van der Waals surface area contributed by atoms with Crippen LogP contribution in [-0.4, -0.2) is 33.1 Å². The second-order valence-corrected chi connectivity index (χ2v) is 4.96. The molecule has 84 valence electrons. The van der Waals surface area contributed by atoms with Crippen molar-refractivity contribution in [2.45, 2.75) is 36.7 Å². The van der Waals surface area contributed by atoms with E-state index >= 15 is 0 Å². The van der Waals surface area contributed by atoms with Crippen molar-refractivity contribution in [1.82, 2.24) is 20.1 Å². The average Bonchev–Trinajstić information content (AvgIpc) is 2.83. The van der Waals surface area contributed by atoms with Crippen molar-refractivity contribution in [2.24, 2.45) is 0 Å². The molecule has 1 aliphatic rings. The van der Waals surface area contributed by atoms with Crippen molar-refractivity contribution < 1.29 is 0 Å². The lowest BCUT2D eigenvalue weighted by molar-refractivity contribution is 0.602. The molecule has 0 aromatic carbocycles. The zero-order chi connectivity index (χ0) is 10.7. The molecular weight excluding hydrogens is 212 g/mol. The van der Waals surface area contributed by atoms with Gasteiger partial charge in [0.05, 0.1) is 0 Å². The van der Waals surface area contributed by atoms with Crippen LogP contribution in [-0.2, 0) is 6.54 Å². The predicted molar refractivity (Wildman–Crippen MR) is 60.3 cm³/mol. The van der Waals surface area contributed by atoms with E-state index in [0.717, 1.165) is 37.6 Å². The van der Waals surface area contributed by atoms with Gasteiger partial charge in [0.25, 0.3) is 0 Å². The molecule has 2 N–H and O–H groups in total. The van der Waals surface area contributed by atoms with Crippen LogP contribution in [0.1, 0.15) is 19.8 Å². The number of H-pyrrole nitrogens is 1. The third-order valence-electron chi connectivity index (χ3n) is 2.46. The van der Waals surface area contributed by atoms with Crippen molar-refractivity contribution in [3.05, 3.63) is 10.5 Å². The van der Waals surface area contributed by atoms with E-state index in [-0.39, 0.29) is 5.69 Å². The Morgan fingerprint density at radius 3 is 3.20 bits per heavy atom. The third-order valence-corrected chi connectivity index (χ3v) is 3.72. The number of rotatable bonds is 4. The van der Waals surface area contributed by atoms with Gasteiger partial charge in [0, 0.05) is 18.3 Å². The molecule has 1 saturated heterocycles. The topological polar surface area (TPSA) is 62.7 Å². The first-order chi connectivity index (χ1) is 7.31. The molecule has 0 amide bonds. The first-order valence-corrected chi connectivity index (χ1v) is 6.21. The summed E-state index contributed by atoms with van der Waals surface area (Å²) in [4.78, 5) is 11.4. The van der Waals surface area contributed by atoms with Crippen LogP contribution in [0, 0.1) is 0 Å². The molecule has 2 heterocycles. The molecule has 5 nitrogen and oxygen atoms in total. The van der Waals surface area contributed by atoms with Gasteiger partial charge in [-0.2, -0.15) is 0 Å². The zero-order valence-electron chi connectivity index (χ0n) is 8.82. The largest absolute Gasteiger partial charge is 0.343 e. The lowest BCUT2D eigenvalue weighted by Crippen LogP contribution is -2.18. The van der Waals surface area contributed by atoms with Crippen molar-refractivity contribution in [1.29, 1.82) is 0 Å². The molecule has 0 bridgehead atoms. The van der Waals surface area contributed by atoms with Crippen LogP contribution >= 0.6 is 11.8 Å². The quantitative estimate of drug-likeness (QED) is 0.785. The van der Waals surface area contributed by atoms with Crippen LogP contribution in [0.15, 0.2) is 9.95 Å². The molecular formula is C9H16N4OS. The van der Waals surface area contributed by atoms with E-state index in [1.807, 2.05) is 0 Å². The number of thioether (sulfide) groups is 1. The normalized spacial score (nSPS) is 21.0. The van der Waals surface area contributed by atoms with E-state index in [1.165, 1.54) is 0 Å². The molecule has 0 radical (unpaired) electrons. The summed E-state index contributed by atoms with van der Waals surface area (Å²) in [7, 11) is 0. The van der Waals surface area contributed by atoms with Gasteiger partial charge in [-0.05, 0) is 19.4 Å². The third kappa shape index (κ3) is 2.43. The Labute approximate surface area is 92.6 Å². The first kappa shape index (κ1) is 10.8. The maximum absolute atomic E-state index is 11.4. The summed E-state index contributed by atoms with van der Waals surface area (Å²) in [6, 6.07) is 0. The van der Waals surface area contributed by atoms with Crippen LogP contribution in [0.4, 0.5) is 0 Å². The molecule has 1 aromatic rings. The van der Waals surface area contributed by atoms with Crippen LogP contribution in [0.2, 0.25) is 0 Å². The number of aromatic nitrogens is 3. The molecule has 1 aromatic heterocycles. The Bertz CT molecular complexity index is 366. The SMILES string of the molecule is CCCn1c(SC2CCNC2)n[nH]c1=O. The molecule has 1 unspecified atom stereocenters. The Balaban J connectivity index is 2.09. The van der Waals surface area contributed by atoms with Crippen molar-refractivity contribution in [3.63, 3.8) is 0 Å². The molecule has 0 saturated carbocycles. The van der Waals surface area contributed by atoms with Crippen molar-refractivity contribution >= 4 is 11.8 Å². The fourth-order valence-corrected chi connectivity index (χ4v) is 2.83. The van der Waals surface area contributed by atoms with Crippen LogP contribution in [0.25, 0.3) is 0 Å². The summed E-state index contributed by atoms with van der Waals surface area (Å²) >= 11 is 1.70. The maximum atomic E-state index is 11.4. The van der Waals surface area contributed by atoms with E-state index in [9.17, 15) is 4.79 Å². The minimum atomic E-state index is -0.0923. The van der Waals surface area contributed by atoms with Gasteiger partial charge in [-0.15, -0.1) is 5.10 Å². The molecule has 1 aliphatic heterocycles. The summed E-state index contributed by atoms with van der Waals surface area (Å²) in [5.74, 6) is 0. The molecule has 2 rings (SSSR count). The summed E-state index contributed by atoms with van der Waals surface area (Å²) in [6.45, 7) is 4.89. The monoisotopic (exact) mass is 228 g/mol. The second-order valence-electron chi connectivity index (χ2n) is 3.70. The Kier molecular flexibility index (Phi) is 3.48. The van der Waals surface area contributed by atoms with E-state index in [2.05, 4.69) is 22.4 Å². The highest BCUT2D eigenvalue weighted by Gasteiger charge is 2.19. The number of aromatic amines is 1. The standard InChI is InChI=1S/C9H16N4OS/c1-2-5-13-8(14)11-12-9(13)15-7-3-4-10-6-7/h7,10H,2-6H2,1H3,(H,11,14). The summed E-state index contributed by atoms with van der Waals surface area (Å²) in [5.41, 5.74) is -0.0923. The van der Waals surface area contributed by atoms with Gasteiger partial charge in [0.15, 0.2) is 5.16 Å². The number of nitrogens with zero attached hydrogens (tertiary/aromatic N) is 2. The fraction of sp³-hybridized carbons (Fsp3) is 0.778. The summed E-state index contributed by atoms with van der Waals surface area (Å²) < 4.78 is 1.73. The predicted octanol–water partition coefficient (Wildman–Crippen LogP) is 0.435. The van der Waals surface area contributed by atoms with Gasteiger partial charge in [0.1, 0.15) is 0 Å². The van der Waals surface area contributed by atoms with Gasteiger partial charge in [-0.1, -0.05) is 18.7 Å². The van der Waals surface area contributed by atoms with Crippen LogP contribution in [0.3, 0.4) is 0 Å². The van der Waals surface area contributed by atoms with Gasteiger partial charge in [-0.25, -0.2) is 9.89 Å². The second kappa shape index (κ2) is 4.85. The van der Waals surface area contributed by atoms with Crippen LogP contribution in [0.5, 0.6) is 0 Å². The molecule has 0 aliphatic carbocycles. The van der Waals surface area contributed by atoms with E-state index in [1.54, 1.807) is 16.3 Å². The van der Waals surface area contributed by atoms with E-state index < -0.39 is 0 Å². The number of hydrogen-bond acceptors (Lipinski definition) is 4. The van der Waals surface area contributed by atoms with E-state index in [4.69, 9.17) is 0 Å². The highest BCUT2D eigenvalue weighted by atomic mass is 32.2. The van der Waals surface area contributed by atoms with Crippen LogP contribution < -0.4 is 11.0 Å². The van der Waals surface area contributed by atoms with Gasteiger partial charge in [-0.3, -0.25) is 4.57 Å². The summed E-state index contributed by atoms with van der Waals surface area (Å²) in [5, 5.41) is 11.3. The zero-order valence-corrected chi connectivity index (χ0v) is 9.64. The minimum absolute atomic E-state index is 0.0923. The fourth-order valence-electron chi connectivity index (χ4n) is 1.69. The Morgan fingerprint density at radius 2 is 2.53 bits per heavy atom. The average molecular weight is 228 g/mol.